The van der Waals surface area contributed by atoms with Crippen LogP contribution in [0.3, 0.4) is 0 Å². The summed E-state index contributed by atoms with van der Waals surface area (Å²) in [6.07, 6.45) is 0.975. The summed E-state index contributed by atoms with van der Waals surface area (Å²) in [4.78, 5) is 0. The van der Waals surface area contributed by atoms with Gasteiger partial charge < -0.3 is 0 Å². The molecule has 1 unspecified atom stereocenters. The second kappa shape index (κ2) is 6.92. The smallest absolute Gasteiger partial charge is 0.0295 e. The highest BCUT2D eigenvalue weighted by molar-refractivity contribution is 14.1. The molecular formula is C15H13BrClI. The fraction of sp³-hybridized carbons (Fsp3) is 0.200. The SMILES string of the molecule is ClCC(Cc1ccc(I)cc1)c1ccccc1Br. The third-order valence-electron chi connectivity index (χ3n) is 2.93. The van der Waals surface area contributed by atoms with Gasteiger partial charge in [-0.2, -0.15) is 0 Å². The van der Waals surface area contributed by atoms with Gasteiger partial charge in [0.2, 0.25) is 0 Å². The quantitative estimate of drug-likeness (QED) is 0.432. The summed E-state index contributed by atoms with van der Waals surface area (Å²) in [5, 5.41) is 0. The Morgan fingerprint density at radius 2 is 1.72 bits per heavy atom. The molecule has 0 radical (unpaired) electrons. The van der Waals surface area contributed by atoms with E-state index >= 15 is 0 Å². The lowest BCUT2D eigenvalue weighted by molar-refractivity contribution is 0.762. The first kappa shape index (κ1) is 14.4. The average Bonchev–Trinajstić information content (AvgIpc) is 2.39. The van der Waals surface area contributed by atoms with Crippen LogP contribution in [0.15, 0.2) is 53.0 Å². The first-order valence-corrected chi connectivity index (χ1v) is 8.16. The minimum atomic E-state index is 0.349. The Hall–Kier alpha value is -0.0600. The van der Waals surface area contributed by atoms with Crippen LogP contribution in [0.5, 0.6) is 0 Å². The molecule has 0 aliphatic rings. The van der Waals surface area contributed by atoms with Crippen LogP contribution in [0.25, 0.3) is 0 Å². The van der Waals surface area contributed by atoms with Crippen molar-refractivity contribution >= 4 is 50.1 Å². The molecule has 0 fully saturated rings. The van der Waals surface area contributed by atoms with Crippen molar-refractivity contribution in [2.75, 3.05) is 5.88 Å². The maximum absolute atomic E-state index is 6.13. The van der Waals surface area contributed by atoms with Gasteiger partial charge in [-0.3, -0.25) is 0 Å². The molecule has 0 saturated heterocycles. The van der Waals surface area contributed by atoms with Crippen LogP contribution in [0, 0.1) is 3.57 Å². The molecule has 0 aliphatic heterocycles. The topological polar surface area (TPSA) is 0 Å². The number of hydrogen-bond donors (Lipinski definition) is 0. The third-order valence-corrected chi connectivity index (χ3v) is 4.74. The standard InChI is InChI=1S/C15H13BrClI/c16-15-4-2-1-3-14(15)12(10-17)9-11-5-7-13(18)8-6-11/h1-8,12H,9-10H2. The minimum Gasteiger partial charge on any atom is -0.126 e. The van der Waals surface area contributed by atoms with E-state index in [0.29, 0.717) is 11.8 Å². The van der Waals surface area contributed by atoms with E-state index in [1.54, 1.807) is 0 Å². The van der Waals surface area contributed by atoms with Crippen molar-refractivity contribution in [3.63, 3.8) is 0 Å². The van der Waals surface area contributed by atoms with Gasteiger partial charge in [0.05, 0.1) is 0 Å². The van der Waals surface area contributed by atoms with Crippen molar-refractivity contribution in [1.82, 2.24) is 0 Å². The molecule has 0 nitrogen and oxygen atoms in total. The second-order valence-electron chi connectivity index (χ2n) is 4.20. The third kappa shape index (κ3) is 3.72. The Morgan fingerprint density at radius 1 is 1.06 bits per heavy atom. The monoisotopic (exact) mass is 434 g/mol. The molecule has 18 heavy (non-hydrogen) atoms. The summed E-state index contributed by atoms with van der Waals surface area (Å²) < 4.78 is 2.40. The Labute approximate surface area is 135 Å². The molecule has 0 N–H and O–H groups in total. The summed E-state index contributed by atoms with van der Waals surface area (Å²) in [5.41, 5.74) is 2.61. The van der Waals surface area contributed by atoms with Crippen molar-refractivity contribution < 1.29 is 0 Å². The zero-order valence-corrected chi connectivity index (χ0v) is 14.2. The van der Waals surface area contributed by atoms with Gasteiger partial charge in [0.25, 0.3) is 0 Å². The van der Waals surface area contributed by atoms with Crippen LogP contribution in [-0.2, 0) is 6.42 Å². The highest BCUT2D eigenvalue weighted by atomic mass is 127. The van der Waals surface area contributed by atoms with Gasteiger partial charge in [-0.05, 0) is 58.3 Å². The molecule has 94 valence electrons. The molecule has 2 aromatic rings. The summed E-state index contributed by atoms with van der Waals surface area (Å²) >= 11 is 12.1. The molecule has 3 heteroatoms. The summed E-state index contributed by atoms with van der Waals surface area (Å²) in [5.74, 6) is 0.983. The molecule has 0 bridgehead atoms. The zero-order chi connectivity index (χ0) is 13.0. The molecule has 1 atom stereocenters. The Balaban J connectivity index is 2.20. The summed E-state index contributed by atoms with van der Waals surface area (Å²) in [7, 11) is 0. The average molecular weight is 436 g/mol. The van der Waals surface area contributed by atoms with Crippen molar-refractivity contribution in [3.05, 3.63) is 67.7 Å². The fourth-order valence-electron chi connectivity index (χ4n) is 1.96. The van der Waals surface area contributed by atoms with Crippen molar-refractivity contribution in [3.8, 4) is 0 Å². The largest absolute Gasteiger partial charge is 0.126 e. The van der Waals surface area contributed by atoms with E-state index in [2.05, 4.69) is 81.0 Å². The molecule has 2 aromatic carbocycles. The molecule has 2 rings (SSSR count). The predicted octanol–water partition coefficient (Wildman–Crippen LogP) is 5.62. The van der Waals surface area contributed by atoms with Crippen LogP contribution < -0.4 is 0 Å². The normalized spacial score (nSPS) is 12.4. The van der Waals surface area contributed by atoms with E-state index in [0.717, 1.165) is 10.9 Å². The Morgan fingerprint density at radius 3 is 2.33 bits per heavy atom. The van der Waals surface area contributed by atoms with E-state index < -0.39 is 0 Å². The second-order valence-corrected chi connectivity index (χ2v) is 6.61. The molecule has 0 aliphatic carbocycles. The van der Waals surface area contributed by atoms with Gasteiger partial charge in [0.15, 0.2) is 0 Å². The fourth-order valence-corrected chi connectivity index (χ4v) is 3.20. The number of alkyl halides is 1. The predicted molar refractivity (Wildman–Crippen MR) is 90.5 cm³/mol. The van der Waals surface area contributed by atoms with E-state index in [1.807, 2.05) is 6.07 Å². The molecule has 0 heterocycles. The maximum Gasteiger partial charge on any atom is 0.0295 e. The van der Waals surface area contributed by atoms with E-state index in [9.17, 15) is 0 Å². The number of benzene rings is 2. The molecule has 0 saturated carbocycles. The number of rotatable bonds is 4. The molecule has 0 amide bonds. The Bertz CT molecular complexity index is 510. The highest BCUT2D eigenvalue weighted by Crippen LogP contribution is 2.28. The van der Waals surface area contributed by atoms with Crippen LogP contribution in [-0.4, -0.2) is 5.88 Å². The summed E-state index contributed by atoms with van der Waals surface area (Å²) in [6.45, 7) is 0. The van der Waals surface area contributed by atoms with Crippen LogP contribution in [0.4, 0.5) is 0 Å². The van der Waals surface area contributed by atoms with Crippen molar-refractivity contribution in [1.29, 1.82) is 0 Å². The van der Waals surface area contributed by atoms with Gasteiger partial charge >= 0.3 is 0 Å². The van der Waals surface area contributed by atoms with Crippen molar-refractivity contribution in [2.45, 2.75) is 12.3 Å². The number of halogens is 3. The Kier molecular flexibility index (Phi) is 5.52. The zero-order valence-electron chi connectivity index (χ0n) is 9.74. The van der Waals surface area contributed by atoms with E-state index in [-0.39, 0.29) is 0 Å². The first-order valence-electron chi connectivity index (χ1n) is 5.75. The minimum absolute atomic E-state index is 0.349. The van der Waals surface area contributed by atoms with Gasteiger partial charge in [-0.25, -0.2) is 0 Å². The lowest BCUT2D eigenvalue weighted by Crippen LogP contribution is -2.05. The van der Waals surface area contributed by atoms with Gasteiger partial charge in [0.1, 0.15) is 0 Å². The highest BCUT2D eigenvalue weighted by Gasteiger charge is 2.13. The van der Waals surface area contributed by atoms with Gasteiger partial charge in [-0.1, -0.05) is 46.3 Å². The molecular weight excluding hydrogens is 422 g/mol. The van der Waals surface area contributed by atoms with E-state index in [4.69, 9.17) is 11.6 Å². The molecule has 0 aromatic heterocycles. The first-order chi connectivity index (χ1) is 8.70. The van der Waals surface area contributed by atoms with Crippen LogP contribution in [0.2, 0.25) is 0 Å². The summed E-state index contributed by atoms with van der Waals surface area (Å²) in [6, 6.07) is 16.9. The van der Waals surface area contributed by atoms with Gasteiger partial charge in [0, 0.05) is 19.8 Å². The maximum atomic E-state index is 6.13. The van der Waals surface area contributed by atoms with Gasteiger partial charge in [-0.15, -0.1) is 11.6 Å². The lowest BCUT2D eigenvalue weighted by atomic mass is 9.94. The van der Waals surface area contributed by atoms with Crippen LogP contribution in [0.1, 0.15) is 17.0 Å². The van der Waals surface area contributed by atoms with E-state index in [1.165, 1.54) is 14.7 Å². The molecule has 0 spiro atoms. The van der Waals surface area contributed by atoms with Crippen LogP contribution >= 0.6 is 50.1 Å². The lowest BCUT2D eigenvalue weighted by Gasteiger charge is -2.16. The van der Waals surface area contributed by atoms with Crippen molar-refractivity contribution in [2.24, 2.45) is 0 Å². The number of hydrogen-bond acceptors (Lipinski definition) is 0.